The topological polar surface area (TPSA) is 21.3 Å². The van der Waals surface area contributed by atoms with Gasteiger partial charge < -0.3 is 10.1 Å². The van der Waals surface area contributed by atoms with E-state index in [4.69, 9.17) is 4.74 Å². The predicted octanol–water partition coefficient (Wildman–Crippen LogP) is 4.22. The number of nitrogens with one attached hydrogen (secondary N) is 1. The lowest BCUT2D eigenvalue weighted by molar-refractivity contribution is -0.00689. The van der Waals surface area contributed by atoms with Crippen molar-refractivity contribution < 1.29 is 9.13 Å². The van der Waals surface area contributed by atoms with Crippen molar-refractivity contribution in [3.63, 3.8) is 0 Å². The first-order valence-electron chi connectivity index (χ1n) is 7.41. The standard InChI is InChI=1S/C16H24FNO/c1-2-13-7-3-6-10-16(13)19-12-11-18-15-9-5-4-8-14(15)17/h4-5,8-9,13,16,18H,2-3,6-7,10-12H2,1H3. The zero-order chi connectivity index (χ0) is 13.5. The summed E-state index contributed by atoms with van der Waals surface area (Å²) in [5.41, 5.74) is 0.557. The Morgan fingerprint density at radius 3 is 2.84 bits per heavy atom. The molecule has 0 aliphatic heterocycles. The number of hydrogen-bond acceptors (Lipinski definition) is 2. The van der Waals surface area contributed by atoms with E-state index in [1.165, 1.54) is 38.2 Å². The molecular formula is C16H24FNO. The highest BCUT2D eigenvalue weighted by atomic mass is 19.1. The van der Waals surface area contributed by atoms with Crippen molar-refractivity contribution in [3.05, 3.63) is 30.1 Å². The minimum Gasteiger partial charge on any atom is -0.380 e. The molecule has 0 heterocycles. The minimum absolute atomic E-state index is 0.202. The second kappa shape index (κ2) is 7.49. The van der Waals surface area contributed by atoms with Crippen LogP contribution in [0.25, 0.3) is 0 Å². The molecule has 2 nitrogen and oxygen atoms in total. The van der Waals surface area contributed by atoms with Gasteiger partial charge in [-0.1, -0.05) is 38.3 Å². The molecule has 0 aromatic heterocycles. The maximum Gasteiger partial charge on any atom is 0.146 e. The molecule has 1 aliphatic rings. The van der Waals surface area contributed by atoms with Gasteiger partial charge in [-0.15, -0.1) is 0 Å². The third-order valence-electron chi connectivity index (χ3n) is 3.99. The number of rotatable bonds is 6. The Bertz CT molecular complexity index is 383. The molecule has 2 unspecified atom stereocenters. The summed E-state index contributed by atoms with van der Waals surface area (Å²) >= 11 is 0. The van der Waals surface area contributed by atoms with Crippen LogP contribution < -0.4 is 5.32 Å². The average molecular weight is 265 g/mol. The van der Waals surface area contributed by atoms with Gasteiger partial charge in [0, 0.05) is 6.54 Å². The summed E-state index contributed by atoms with van der Waals surface area (Å²) in [4.78, 5) is 0. The normalized spacial score (nSPS) is 23.3. The van der Waals surface area contributed by atoms with Gasteiger partial charge in [-0.3, -0.25) is 0 Å². The molecule has 1 fully saturated rings. The highest BCUT2D eigenvalue weighted by Gasteiger charge is 2.23. The van der Waals surface area contributed by atoms with Crippen LogP contribution in [0, 0.1) is 11.7 Å². The Balaban J connectivity index is 1.70. The van der Waals surface area contributed by atoms with Crippen molar-refractivity contribution in [2.24, 2.45) is 5.92 Å². The van der Waals surface area contributed by atoms with E-state index in [-0.39, 0.29) is 5.82 Å². The van der Waals surface area contributed by atoms with Crippen LogP contribution in [0.15, 0.2) is 24.3 Å². The highest BCUT2D eigenvalue weighted by molar-refractivity contribution is 5.44. The van der Waals surface area contributed by atoms with Crippen molar-refractivity contribution in [2.45, 2.75) is 45.1 Å². The fraction of sp³-hybridized carbons (Fsp3) is 0.625. The SMILES string of the molecule is CCC1CCCCC1OCCNc1ccccc1F. The molecule has 0 radical (unpaired) electrons. The molecule has 1 saturated carbocycles. The van der Waals surface area contributed by atoms with Crippen molar-refractivity contribution >= 4 is 5.69 Å². The van der Waals surface area contributed by atoms with Crippen molar-refractivity contribution in [1.29, 1.82) is 0 Å². The number of anilines is 1. The van der Waals surface area contributed by atoms with Crippen LogP contribution in [0.3, 0.4) is 0 Å². The largest absolute Gasteiger partial charge is 0.380 e. The third-order valence-corrected chi connectivity index (χ3v) is 3.99. The van der Waals surface area contributed by atoms with E-state index in [2.05, 4.69) is 12.2 Å². The average Bonchev–Trinajstić information content (AvgIpc) is 2.45. The summed E-state index contributed by atoms with van der Waals surface area (Å²) in [6, 6.07) is 6.76. The maximum absolute atomic E-state index is 13.4. The lowest BCUT2D eigenvalue weighted by Crippen LogP contribution is -2.29. The summed E-state index contributed by atoms with van der Waals surface area (Å²) in [5, 5.41) is 3.09. The highest BCUT2D eigenvalue weighted by Crippen LogP contribution is 2.28. The summed E-state index contributed by atoms with van der Waals surface area (Å²) in [5.74, 6) is 0.508. The summed E-state index contributed by atoms with van der Waals surface area (Å²) < 4.78 is 19.3. The van der Waals surface area contributed by atoms with Crippen LogP contribution in [0.5, 0.6) is 0 Å². The second-order valence-electron chi connectivity index (χ2n) is 5.27. The molecule has 19 heavy (non-hydrogen) atoms. The first-order valence-corrected chi connectivity index (χ1v) is 7.41. The molecule has 1 aromatic rings. The lowest BCUT2D eigenvalue weighted by Gasteiger charge is -2.30. The van der Waals surface area contributed by atoms with E-state index in [0.717, 1.165) is 0 Å². The van der Waals surface area contributed by atoms with Crippen LogP contribution in [0.4, 0.5) is 10.1 Å². The Morgan fingerprint density at radius 1 is 1.26 bits per heavy atom. The fourth-order valence-corrected chi connectivity index (χ4v) is 2.86. The molecule has 0 spiro atoms. The minimum atomic E-state index is -0.202. The van der Waals surface area contributed by atoms with Gasteiger partial charge in [0.1, 0.15) is 5.82 Å². The van der Waals surface area contributed by atoms with Gasteiger partial charge in [0.05, 0.1) is 18.4 Å². The molecule has 2 atom stereocenters. The Labute approximate surface area is 115 Å². The summed E-state index contributed by atoms with van der Waals surface area (Å²) in [6.45, 7) is 3.55. The van der Waals surface area contributed by atoms with Crippen LogP contribution in [-0.2, 0) is 4.74 Å². The van der Waals surface area contributed by atoms with Crippen LogP contribution >= 0.6 is 0 Å². The van der Waals surface area contributed by atoms with Crippen molar-refractivity contribution in [1.82, 2.24) is 0 Å². The van der Waals surface area contributed by atoms with E-state index in [9.17, 15) is 4.39 Å². The first kappa shape index (κ1) is 14.3. The van der Waals surface area contributed by atoms with Crippen molar-refractivity contribution in [3.8, 4) is 0 Å². The maximum atomic E-state index is 13.4. The Hall–Kier alpha value is -1.09. The zero-order valence-electron chi connectivity index (χ0n) is 11.7. The Kier molecular flexibility index (Phi) is 5.64. The Morgan fingerprint density at radius 2 is 2.05 bits per heavy atom. The van der Waals surface area contributed by atoms with E-state index >= 15 is 0 Å². The molecule has 106 valence electrons. The molecule has 3 heteroatoms. The summed E-state index contributed by atoms with van der Waals surface area (Å²) in [7, 11) is 0. The van der Waals surface area contributed by atoms with Gasteiger partial charge >= 0.3 is 0 Å². The number of ether oxygens (including phenoxy) is 1. The number of hydrogen-bond donors (Lipinski definition) is 1. The number of benzene rings is 1. The van der Waals surface area contributed by atoms with E-state index in [1.807, 2.05) is 6.07 Å². The van der Waals surface area contributed by atoms with Gasteiger partial charge in [0.25, 0.3) is 0 Å². The first-order chi connectivity index (χ1) is 9.31. The van der Waals surface area contributed by atoms with Crippen LogP contribution in [0.2, 0.25) is 0 Å². The van der Waals surface area contributed by atoms with E-state index < -0.39 is 0 Å². The predicted molar refractivity (Wildman–Crippen MR) is 76.9 cm³/mol. The second-order valence-corrected chi connectivity index (χ2v) is 5.27. The van der Waals surface area contributed by atoms with Gasteiger partial charge in [-0.05, 0) is 30.9 Å². The van der Waals surface area contributed by atoms with Gasteiger partial charge in [-0.2, -0.15) is 0 Å². The zero-order valence-corrected chi connectivity index (χ0v) is 11.7. The van der Waals surface area contributed by atoms with Crippen molar-refractivity contribution in [2.75, 3.05) is 18.5 Å². The molecule has 0 bridgehead atoms. The quantitative estimate of drug-likeness (QED) is 0.777. The van der Waals surface area contributed by atoms with Gasteiger partial charge in [0.2, 0.25) is 0 Å². The molecule has 0 amide bonds. The molecule has 1 aromatic carbocycles. The summed E-state index contributed by atoms with van der Waals surface area (Å²) in [6.07, 6.45) is 6.69. The molecule has 1 N–H and O–H groups in total. The molecule has 2 rings (SSSR count). The lowest BCUT2D eigenvalue weighted by atomic mass is 9.85. The third kappa shape index (κ3) is 4.20. The molecular weight excluding hydrogens is 241 g/mol. The monoisotopic (exact) mass is 265 g/mol. The van der Waals surface area contributed by atoms with Gasteiger partial charge in [-0.25, -0.2) is 4.39 Å². The molecule has 1 aliphatic carbocycles. The van der Waals surface area contributed by atoms with E-state index in [1.54, 1.807) is 12.1 Å². The fourth-order valence-electron chi connectivity index (χ4n) is 2.86. The van der Waals surface area contributed by atoms with Crippen LogP contribution in [0.1, 0.15) is 39.0 Å². The van der Waals surface area contributed by atoms with Gasteiger partial charge in [0.15, 0.2) is 0 Å². The smallest absolute Gasteiger partial charge is 0.146 e. The number of halogens is 1. The van der Waals surface area contributed by atoms with E-state index in [0.29, 0.717) is 30.9 Å². The molecule has 0 saturated heterocycles. The number of para-hydroxylation sites is 1. The van der Waals surface area contributed by atoms with Crippen LogP contribution in [-0.4, -0.2) is 19.3 Å².